The lowest BCUT2D eigenvalue weighted by molar-refractivity contribution is -0.140. The Labute approximate surface area is 202 Å². The molecule has 0 radical (unpaired) electrons. The molecule has 0 spiro atoms. The van der Waals surface area contributed by atoms with E-state index in [0.717, 1.165) is 21.7 Å². The van der Waals surface area contributed by atoms with E-state index >= 15 is 0 Å². The average molecular weight is 490 g/mol. The summed E-state index contributed by atoms with van der Waals surface area (Å²) in [5, 5.41) is 2.87. The van der Waals surface area contributed by atoms with Crippen LogP contribution in [-0.2, 0) is 26.2 Å². The van der Waals surface area contributed by atoms with Crippen molar-refractivity contribution in [1.29, 1.82) is 0 Å². The van der Waals surface area contributed by atoms with E-state index in [9.17, 15) is 18.0 Å². The predicted octanol–water partition coefficient (Wildman–Crippen LogP) is 3.10. The maximum absolute atomic E-state index is 13.6. The number of ether oxygens (including phenoxy) is 1. The third-order valence-corrected chi connectivity index (χ3v) is 6.41. The molecule has 0 fully saturated rings. The van der Waals surface area contributed by atoms with Gasteiger partial charge in [0.15, 0.2) is 0 Å². The van der Waals surface area contributed by atoms with Crippen LogP contribution in [0.3, 0.4) is 0 Å². The SMILES string of the molecule is CC[C@@H](C(=O)NC(C)C)N(Cc1cccc(OC)c1)C(=O)CN(c1cccc(C)c1)S(C)(=O)=O. The number of hydrogen-bond acceptors (Lipinski definition) is 5. The molecule has 9 heteroatoms. The van der Waals surface area contributed by atoms with Gasteiger partial charge in [-0.25, -0.2) is 8.42 Å². The monoisotopic (exact) mass is 489 g/mol. The Hall–Kier alpha value is -3.07. The lowest BCUT2D eigenvalue weighted by Gasteiger charge is -2.33. The molecule has 8 nitrogen and oxygen atoms in total. The van der Waals surface area contributed by atoms with E-state index in [1.807, 2.05) is 45.9 Å². The van der Waals surface area contributed by atoms with Gasteiger partial charge in [0.05, 0.1) is 19.1 Å². The van der Waals surface area contributed by atoms with Crippen LogP contribution in [0.1, 0.15) is 38.3 Å². The Morgan fingerprint density at radius 3 is 2.32 bits per heavy atom. The number of hydrogen-bond donors (Lipinski definition) is 1. The Kier molecular flexibility index (Phi) is 9.49. The van der Waals surface area contributed by atoms with Crippen LogP contribution in [0.2, 0.25) is 0 Å². The molecule has 0 aliphatic heterocycles. The molecule has 2 aromatic carbocycles. The van der Waals surface area contributed by atoms with Crippen molar-refractivity contribution < 1.29 is 22.7 Å². The minimum absolute atomic E-state index is 0.102. The van der Waals surface area contributed by atoms with Gasteiger partial charge in [0.1, 0.15) is 18.3 Å². The summed E-state index contributed by atoms with van der Waals surface area (Å²) >= 11 is 0. The Bertz CT molecular complexity index is 1100. The van der Waals surface area contributed by atoms with Gasteiger partial charge in [-0.05, 0) is 62.6 Å². The molecule has 1 N–H and O–H groups in total. The Morgan fingerprint density at radius 2 is 1.76 bits per heavy atom. The highest BCUT2D eigenvalue weighted by Crippen LogP contribution is 2.21. The van der Waals surface area contributed by atoms with Crippen molar-refractivity contribution in [2.24, 2.45) is 0 Å². The van der Waals surface area contributed by atoms with Gasteiger partial charge in [0.25, 0.3) is 0 Å². The Balaban J connectivity index is 2.46. The molecule has 0 saturated carbocycles. The number of anilines is 1. The largest absolute Gasteiger partial charge is 0.497 e. The summed E-state index contributed by atoms with van der Waals surface area (Å²) in [6.45, 7) is 7.09. The fourth-order valence-electron chi connectivity index (χ4n) is 3.66. The molecule has 0 unspecified atom stereocenters. The summed E-state index contributed by atoms with van der Waals surface area (Å²) < 4.78 is 31.6. The van der Waals surface area contributed by atoms with Gasteiger partial charge in [-0.2, -0.15) is 0 Å². The summed E-state index contributed by atoms with van der Waals surface area (Å²) in [4.78, 5) is 28.0. The summed E-state index contributed by atoms with van der Waals surface area (Å²) in [6, 6.07) is 13.3. The van der Waals surface area contributed by atoms with Crippen LogP contribution in [0.25, 0.3) is 0 Å². The molecule has 2 aromatic rings. The van der Waals surface area contributed by atoms with Crippen LogP contribution in [0.15, 0.2) is 48.5 Å². The van der Waals surface area contributed by atoms with Gasteiger partial charge >= 0.3 is 0 Å². The number of methoxy groups -OCH3 is 1. The van der Waals surface area contributed by atoms with E-state index in [0.29, 0.717) is 17.9 Å². The number of nitrogens with one attached hydrogen (secondary N) is 1. The highest BCUT2D eigenvalue weighted by atomic mass is 32.2. The van der Waals surface area contributed by atoms with Crippen LogP contribution in [-0.4, -0.2) is 57.1 Å². The quantitative estimate of drug-likeness (QED) is 0.523. The lowest BCUT2D eigenvalue weighted by atomic mass is 10.1. The molecule has 0 saturated heterocycles. The van der Waals surface area contributed by atoms with Crippen molar-refractivity contribution in [3.8, 4) is 5.75 Å². The molecular formula is C25H35N3O5S. The minimum Gasteiger partial charge on any atom is -0.497 e. The third-order valence-electron chi connectivity index (χ3n) is 5.27. The molecule has 0 heterocycles. The number of nitrogens with zero attached hydrogens (tertiary/aromatic N) is 2. The normalized spacial score (nSPS) is 12.2. The van der Waals surface area contributed by atoms with Crippen molar-refractivity contribution in [2.45, 2.75) is 52.7 Å². The number of carbonyl (C=O) groups is 2. The number of benzene rings is 2. The van der Waals surface area contributed by atoms with Gasteiger partial charge in [-0.3, -0.25) is 13.9 Å². The highest BCUT2D eigenvalue weighted by Gasteiger charge is 2.32. The fourth-order valence-corrected chi connectivity index (χ4v) is 4.51. The van der Waals surface area contributed by atoms with Crippen LogP contribution in [0.5, 0.6) is 5.75 Å². The van der Waals surface area contributed by atoms with E-state index in [-0.39, 0.29) is 18.5 Å². The second kappa shape index (κ2) is 11.9. The van der Waals surface area contributed by atoms with Gasteiger partial charge in [0.2, 0.25) is 21.8 Å². The second-order valence-corrected chi connectivity index (χ2v) is 10.5. The van der Waals surface area contributed by atoms with E-state index in [1.54, 1.807) is 37.4 Å². The van der Waals surface area contributed by atoms with Crippen LogP contribution >= 0.6 is 0 Å². The highest BCUT2D eigenvalue weighted by molar-refractivity contribution is 7.92. The van der Waals surface area contributed by atoms with Gasteiger partial charge in [0, 0.05) is 12.6 Å². The van der Waals surface area contributed by atoms with Crippen LogP contribution in [0, 0.1) is 6.92 Å². The first kappa shape index (κ1) is 27.2. The van der Waals surface area contributed by atoms with Gasteiger partial charge in [-0.1, -0.05) is 31.2 Å². The minimum atomic E-state index is -3.75. The number of carbonyl (C=O) groups excluding carboxylic acids is 2. The molecule has 34 heavy (non-hydrogen) atoms. The molecule has 0 bridgehead atoms. The number of aryl methyl sites for hydroxylation is 1. The van der Waals surface area contributed by atoms with E-state index < -0.39 is 28.5 Å². The lowest BCUT2D eigenvalue weighted by Crippen LogP contribution is -2.53. The van der Waals surface area contributed by atoms with Gasteiger partial charge < -0.3 is 15.0 Å². The van der Waals surface area contributed by atoms with E-state index in [2.05, 4.69) is 5.32 Å². The predicted molar refractivity (Wildman–Crippen MR) is 134 cm³/mol. The molecular weight excluding hydrogens is 454 g/mol. The fraction of sp³-hybridized carbons (Fsp3) is 0.440. The molecule has 2 amide bonds. The summed E-state index contributed by atoms with van der Waals surface area (Å²) in [7, 11) is -2.20. The summed E-state index contributed by atoms with van der Waals surface area (Å²) in [5.74, 6) is -0.127. The zero-order valence-corrected chi connectivity index (χ0v) is 21.6. The molecule has 2 rings (SSSR count). The number of sulfonamides is 1. The van der Waals surface area contributed by atoms with Gasteiger partial charge in [-0.15, -0.1) is 0 Å². The molecule has 186 valence electrons. The molecule has 0 aromatic heterocycles. The number of amides is 2. The molecule has 0 aliphatic carbocycles. The average Bonchev–Trinajstić information content (AvgIpc) is 2.76. The zero-order valence-electron chi connectivity index (χ0n) is 20.7. The first-order valence-electron chi connectivity index (χ1n) is 11.2. The maximum atomic E-state index is 13.6. The van der Waals surface area contributed by atoms with Crippen molar-refractivity contribution in [3.05, 3.63) is 59.7 Å². The standard InChI is InChI=1S/C25H35N3O5S/c1-7-23(25(30)26-18(2)3)27(16-20-11-9-13-22(15-20)33-5)24(29)17-28(34(6,31)32)21-12-8-10-19(4)14-21/h8-15,18,23H,7,16-17H2,1-6H3,(H,26,30)/t23-/m0/s1. The maximum Gasteiger partial charge on any atom is 0.244 e. The first-order valence-corrected chi connectivity index (χ1v) is 13.1. The second-order valence-electron chi connectivity index (χ2n) is 8.57. The summed E-state index contributed by atoms with van der Waals surface area (Å²) in [6.07, 6.45) is 1.44. The molecule has 1 atom stereocenters. The van der Waals surface area contributed by atoms with Crippen molar-refractivity contribution in [3.63, 3.8) is 0 Å². The van der Waals surface area contributed by atoms with Crippen molar-refractivity contribution >= 4 is 27.5 Å². The third kappa shape index (κ3) is 7.48. The topological polar surface area (TPSA) is 96.0 Å². The number of rotatable bonds is 11. The molecule has 0 aliphatic rings. The van der Waals surface area contributed by atoms with E-state index in [1.165, 1.54) is 4.90 Å². The van der Waals surface area contributed by atoms with Crippen LogP contribution in [0.4, 0.5) is 5.69 Å². The van der Waals surface area contributed by atoms with Crippen molar-refractivity contribution in [2.75, 3.05) is 24.2 Å². The zero-order chi connectivity index (χ0) is 25.5. The summed E-state index contributed by atoms with van der Waals surface area (Å²) in [5.41, 5.74) is 2.04. The van der Waals surface area contributed by atoms with E-state index in [4.69, 9.17) is 4.74 Å². The first-order chi connectivity index (χ1) is 16.0. The Morgan fingerprint density at radius 1 is 1.09 bits per heavy atom. The van der Waals surface area contributed by atoms with Crippen molar-refractivity contribution in [1.82, 2.24) is 10.2 Å². The smallest absolute Gasteiger partial charge is 0.244 e. The van der Waals surface area contributed by atoms with Crippen LogP contribution < -0.4 is 14.4 Å².